The molecule has 3 nitrogen and oxygen atoms in total. The topological polar surface area (TPSA) is 31.6 Å². The fraction of sp³-hybridized carbons (Fsp3) is 0.333. The molecule has 2 aromatic carbocycles. The number of hydrogen-bond acceptors (Lipinski definition) is 3. The van der Waals surface area contributed by atoms with Gasteiger partial charge in [-0.15, -0.1) is 13.2 Å². The van der Waals surface area contributed by atoms with Crippen molar-refractivity contribution in [3.8, 4) is 22.8 Å². The fourth-order valence-electron chi connectivity index (χ4n) is 2.55. The van der Waals surface area contributed by atoms with Gasteiger partial charge in [0.05, 0.1) is 5.39 Å². The van der Waals surface area contributed by atoms with Crippen LogP contribution in [0.25, 0.3) is 22.3 Å². The van der Waals surface area contributed by atoms with E-state index in [1.54, 1.807) is 24.3 Å². The molecule has 29 heavy (non-hydrogen) atoms. The molecule has 0 spiro atoms. The molecule has 1 heterocycles. The van der Waals surface area contributed by atoms with Gasteiger partial charge in [0, 0.05) is 16.7 Å². The molecule has 0 aliphatic carbocycles. The second-order valence-corrected chi connectivity index (χ2v) is 13.5. The predicted octanol–water partition coefficient (Wildman–Crippen LogP) is 8.04. The summed E-state index contributed by atoms with van der Waals surface area (Å²) in [4.78, 5) is 0. The first-order valence-corrected chi connectivity index (χ1v) is 12.3. The molecule has 0 atom stereocenters. The maximum absolute atomic E-state index is 12.6. The summed E-state index contributed by atoms with van der Waals surface area (Å²) in [7, 11) is -2.25. The van der Waals surface area contributed by atoms with E-state index >= 15 is 0 Å². The van der Waals surface area contributed by atoms with E-state index in [-0.39, 0.29) is 16.4 Å². The molecule has 0 saturated heterocycles. The van der Waals surface area contributed by atoms with E-state index in [1.807, 2.05) is 0 Å². The van der Waals surface area contributed by atoms with Gasteiger partial charge in [0.25, 0.3) is 8.32 Å². The van der Waals surface area contributed by atoms with Crippen LogP contribution in [0.5, 0.6) is 11.5 Å². The van der Waals surface area contributed by atoms with Crippen LogP contribution in [0.3, 0.4) is 0 Å². The van der Waals surface area contributed by atoms with Crippen LogP contribution in [0.2, 0.25) is 23.2 Å². The fourth-order valence-corrected chi connectivity index (χ4v) is 3.70. The summed E-state index contributed by atoms with van der Waals surface area (Å²) in [5.74, 6) is 0.624. The molecule has 1 aromatic heterocycles. The summed E-state index contributed by atoms with van der Waals surface area (Å²) in [5, 5.41) is 1.08. The van der Waals surface area contributed by atoms with E-state index in [1.165, 1.54) is 18.2 Å². The van der Waals surface area contributed by atoms with Crippen molar-refractivity contribution in [2.45, 2.75) is 45.3 Å². The molecule has 8 heteroatoms. The number of benzene rings is 2. The summed E-state index contributed by atoms with van der Waals surface area (Å²) in [5.41, 5.74) is 0.975. The van der Waals surface area contributed by atoms with E-state index in [9.17, 15) is 13.2 Å². The van der Waals surface area contributed by atoms with Crippen molar-refractivity contribution in [2.75, 3.05) is 0 Å². The average Bonchev–Trinajstić information content (AvgIpc) is 2.90. The van der Waals surface area contributed by atoms with Crippen LogP contribution in [0.4, 0.5) is 13.2 Å². The zero-order valence-corrected chi connectivity index (χ0v) is 18.5. The van der Waals surface area contributed by atoms with Crippen LogP contribution in [-0.2, 0) is 0 Å². The van der Waals surface area contributed by atoms with Gasteiger partial charge in [0.2, 0.25) is 0 Å². The zero-order valence-electron chi connectivity index (χ0n) is 16.8. The van der Waals surface area contributed by atoms with Crippen LogP contribution >= 0.6 is 11.6 Å². The SMILES string of the molecule is CC(C)(C)[Si](C)(C)Oc1c(-c2ccc(Cl)cc2)oc2cc(OC(F)(F)F)ccc12. The second-order valence-electron chi connectivity index (χ2n) is 8.34. The third kappa shape index (κ3) is 4.73. The Morgan fingerprint density at radius 3 is 2.14 bits per heavy atom. The molecule has 0 radical (unpaired) electrons. The Bertz CT molecular complexity index is 1020. The minimum Gasteiger partial charge on any atom is -0.540 e. The first-order valence-electron chi connectivity index (χ1n) is 9.04. The number of ether oxygens (including phenoxy) is 1. The van der Waals surface area contributed by atoms with Crippen LogP contribution in [-0.4, -0.2) is 14.7 Å². The molecule has 0 unspecified atom stereocenters. The highest BCUT2D eigenvalue weighted by atomic mass is 35.5. The number of fused-ring (bicyclic) bond motifs is 1. The highest BCUT2D eigenvalue weighted by Crippen LogP contribution is 2.46. The normalized spacial score (nSPS) is 13.0. The zero-order chi connectivity index (χ0) is 21.6. The summed E-state index contributed by atoms with van der Waals surface area (Å²) < 4.78 is 54.3. The Morgan fingerprint density at radius 2 is 1.59 bits per heavy atom. The van der Waals surface area contributed by atoms with Gasteiger partial charge in [-0.25, -0.2) is 0 Å². The number of hydrogen-bond donors (Lipinski definition) is 0. The number of furan rings is 1. The highest BCUT2D eigenvalue weighted by Gasteiger charge is 2.40. The highest BCUT2D eigenvalue weighted by molar-refractivity contribution is 6.74. The number of halogens is 4. The molecule has 0 bridgehead atoms. The van der Waals surface area contributed by atoms with Gasteiger partial charge in [-0.3, -0.25) is 0 Å². The lowest BCUT2D eigenvalue weighted by molar-refractivity contribution is -0.274. The first kappa shape index (κ1) is 21.6. The van der Waals surface area contributed by atoms with Crippen molar-refractivity contribution in [3.05, 3.63) is 47.5 Å². The molecule has 0 N–H and O–H groups in total. The number of alkyl halides is 3. The van der Waals surface area contributed by atoms with Gasteiger partial charge in [0.1, 0.15) is 11.3 Å². The molecule has 0 aliphatic rings. The van der Waals surface area contributed by atoms with Crippen LogP contribution in [0.15, 0.2) is 46.9 Å². The van der Waals surface area contributed by atoms with Gasteiger partial charge >= 0.3 is 6.36 Å². The van der Waals surface area contributed by atoms with Crippen LogP contribution in [0.1, 0.15) is 20.8 Å². The maximum Gasteiger partial charge on any atom is 0.573 e. The van der Waals surface area contributed by atoms with Gasteiger partial charge < -0.3 is 13.6 Å². The molecule has 3 rings (SSSR count). The van der Waals surface area contributed by atoms with Crippen molar-refractivity contribution in [3.63, 3.8) is 0 Å². The van der Waals surface area contributed by atoms with E-state index < -0.39 is 14.7 Å². The number of rotatable bonds is 4. The van der Waals surface area contributed by atoms with Crippen molar-refractivity contribution < 1.29 is 26.8 Å². The Kier molecular flexibility index (Phi) is 5.42. The molecule has 0 saturated carbocycles. The van der Waals surface area contributed by atoms with E-state index in [2.05, 4.69) is 38.6 Å². The summed E-state index contributed by atoms with van der Waals surface area (Å²) in [6, 6.07) is 11.0. The molecular formula is C21H22ClF3O3Si. The second kappa shape index (κ2) is 7.29. The molecule has 156 valence electrons. The molecular weight excluding hydrogens is 421 g/mol. The van der Waals surface area contributed by atoms with Crippen LogP contribution < -0.4 is 9.16 Å². The Morgan fingerprint density at radius 1 is 0.966 bits per heavy atom. The van der Waals surface area contributed by atoms with Gasteiger partial charge in [0.15, 0.2) is 11.5 Å². The van der Waals surface area contributed by atoms with Gasteiger partial charge in [-0.1, -0.05) is 32.4 Å². The van der Waals surface area contributed by atoms with E-state index in [0.29, 0.717) is 21.9 Å². The lowest BCUT2D eigenvalue weighted by Crippen LogP contribution is -2.43. The lowest BCUT2D eigenvalue weighted by Gasteiger charge is -2.36. The first-order chi connectivity index (χ1) is 13.3. The average molecular weight is 443 g/mol. The quantitative estimate of drug-likeness (QED) is 0.383. The minimum absolute atomic E-state index is 0.0762. The largest absolute Gasteiger partial charge is 0.573 e. The van der Waals surface area contributed by atoms with E-state index in [4.69, 9.17) is 20.4 Å². The van der Waals surface area contributed by atoms with Crippen LogP contribution in [0, 0.1) is 0 Å². The summed E-state index contributed by atoms with van der Waals surface area (Å²) in [6.07, 6.45) is -4.78. The van der Waals surface area contributed by atoms with Gasteiger partial charge in [-0.2, -0.15) is 0 Å². The Hall–Kier alpha value is -2.12. The Balaban J connectivity index is 2.17. The van der Waals surface area contributed by atoms with Crippen molar-refractivity contribution in [1.29, 1.82) is 0 Å². The molecule has 0 amide bonds. The van der Waals surface area contributed by atoms with Crippen molar-refractivity contribution >= 4 is 30.9 Å². The monoisotopic (exact) mass is 442 g/mol. The predicted molar refractivity (Wildman–Crippen MR) is 111 cm³/mol. The third-order valence-corrected chi connectivity index (χ3v) is 9.70. The third-order valence-electron chi connectivity index (χ3n) is 5.12. The summed E-state index contributed by atoms with van der Waals surface area (Å²) >= 11 is 5.99. The van der Waals surface area contributed by atoms with Gasteiger partial charge in [-0.05, 0) is 54.5 Å². The smallest absolute Gasteiger partial charge is 0.540 e. The van der Waals surface area contributed by atoms with Crippen molar-refractivity contribution in [1.82, 2.24) is 0 Å². The molecule has 0 aliphatic heterocycles. The molecule has 0 fully saturated rings. The molecule has 3 aromatic rings. The Labute approximate surface area is 173 Å². The summed E-state index contributed by atoms with van der Waals surface area (Å²) in [6.45, 7) is 10.5. The standard InChI is InChI=1S/C21H22ClF3O3Si/c1-20(2,3)29(4,5)28-19-16-11-10-15(27-21(23,24)25)12-17(16)26-18(19)13-6-8-14(22)9-7-13/h6-12H,1-5H3. The lowest BCUT2D eigenvalue weighted by atomic mass is 10.1. The van der Waals surface area contributed by atoms with Crippen molar-refractivity contribution in [2.24, 2.45) is 0 Å². The minimum atomic E-state index is -4.78. The van der Waals surface area contributed by atoms with E-state index in [0.717, 1.165) is 5.56 Å². The maximum atomic E-state index is 12.6.